The van der Waals surface area contributed by atoms with E-state index in [-0.39, 0.29) is 12.8 Å². The second-order valence-electron chi connectivity index (χ2n) is 22.1. The van der Waals surface area contributed by atoms with Crippen LogP contribution in [0.3, 0.4) is 0 Å². The Morgan fingerprint density at radius 3 is 1.27 bits per heavy atom. The molecule has 1 saturated heterocycles. The number of ether oxygens (including phenoxy) is 2. The molecule has 11 heteroatoms. The summed E-state index contributed by atoms with van der Waals surface area (Å²) in [4.78, 5) is 13.2. The Kier molecular flexibility index (Phi) is 50.0. The maximum Gasteiger partial charge on any atom is 0.249 e. The van der Waals surface area contributed by atoms with Crippen molar-refractivity contribution in [2.75, 3.05) is 13.2 Å². The van der Waals surface area contributed by atoms with Crippen molar-refractivity contribution in [1.29, 1.82) is 0 Å². The van der Waals surface area contributed by atoms with Crippen molar-refractivity contribution < 1.29 is 50.0 Å². The van der Waals surface area contributed by atoms with Gasteiger partial charge in [-0.15, -0.1) is 0 Å². The predicted octanol–water partition coefficient (Wildman–Crippen LogP) is 14.0. The third-order valence-corrected chi connectivity index (χ3v) is 15.1. The fourth-order valence-corrected chi connectivity index (χ4v) is 9.96. The van der Waals surface area contributed by atoms with E-state index in [2.05, 4.69) is 67.8 Å². The fourth-order valence-electron chi connectivity index (χ4n) is 9.96. The summed E-state index contributed by atoms with van der Waals surface area (Å²) in [6.07, 6.45) is 56.0. The van der Waals surface area contributed by atoms with E-state index in [1.807, 2.05) is 0 Å². The third-order valence-electron chi connectivity index (χ3n) is 15.1. The number of allylic oxidation sites excluding steroid dienone is 8. The van der Waals surface area contributed by atoms with Crippen LogP contribution in [0.4, 0.5) is 0 Å². The molecule has 75 heavy (non-hydrogen) atoms. The maximum absolute atomic E-state index is 13.2. The Labute approximate surface area is 459 Å². The van der Waals surface area contributed by atoms with Crippen LogP contribution in [0.25, 0.3) is 0 Å². The summed E-state index contributed by atoms with van der Waals surface area (Å²) in [5, 5.41) is 76.3. The lowest BCUT2D eigenvalue weighted by Gasteiger charge is -2.40. The van der Waals surface area contributed by atoms with Gasteiger partial charge < -0.3 is 50.5 Å². The lowest BCUT2D eigenvalue weighted by Crippen LogP contribution is -2.60. The molecule has 1 heterocycles. The van der Waals surface area contributed by atoms with Crippen LogP contribution in [0, 0.1) is 0 Å². The highest BCUT2D eigenvalue weighted by atomic mass is 16.7. The van der Waals surface area contributed by atoms with Crippen molar-refractivity contribution in [2.45, 2.75) is 339 Å². The van der Waals surface area contributed by atoms with Crippen LogP contribution in [0.2, 0.25) is 0 Å². The van der Waals surface area contributed by atoms with Gasteiger partial charge in [0, 0.05) is 0 Å². The fraction of sp³-hybridized carbons (Fsp3) is 0.859. The van der Waals surface area contributed by atoms with Crippen LogP contribution in [-0.4, -0.2) is 110 Å². The Morgan fingerprint density at radius 1 is 0.467 bits per heavy atom. The Balaban J connectivity index is 2.30. The summed E-state index contributed by atoms with van der Waals surface area (Å²) in [6.45, 7) is 3.46. The van der Waals surface area contributed by atoms with Gasteiger partial charge in [-0.3, -0.25) is 4.79 Å². The predicted molar refractivity (Wildman–Crippen MR) is 311 cm³/mol. The van der Waals surface area contributed by atoms with Crippen LogP contribution in [0.5, 0.6) is 0 Å². The van der Waals surface area contributed by atoms with E-state index in [0.29, 0.717) is 19.3 Å². The van der Waals surface area contributed by atoms with Gasteiger partial charge in [0.25, 0.3) is 0 Å². The molecule has 0 radical (unpaired) electrons. The molecule has 440 valence electrons. The molecule has 8 N–H and O–H groups in total. The molecule has 0 bridgehead atoms. The average Bonchev–Trinajstić information content (AvgIpc) is 3.41. The molecule has 0 aromatic carbocycles. The van der Waals surface area contributed by atoms with Crippen LogP contribution >= 0.6 is 0 Å². The molecular formula is C64H119NO10. The minimum absolute atomic E-state index is 0.245. The number of aliphatic hydroxyl groups excluding tert-OH is 7. The molecule has 9 atom stereocenters. The first kappa shape index (κ1) is 71.1. The van der Waals surface area contributed by atoms with Crippen molar-refractivity contribution in [3.8, 4) is 0 Å². The molecule has 1 rings (SSSR count). The van der Waals surface area contributed by atoms with Crippen LogP contribution in [0.15, 0.2) is 48.6 Å². The number of carbonyl (C=O) groups is 1. The van der Waals surface area contributed by atoms with Gasteiger partial charge in [-0.1, -0.05) is 249 Å². The van der Waals surface area contributed by atoms with Crippen LogP contribution in [0.1, 0.15) is 284 Å². The highest BCUT2D eigenvalue weighted by Crippen LogP contribution is 2.23. The van der Waals surface area contributed by atoms with Gasteiger partial charge in [0.1, 0.15) is 36.6 Å². The van der Waals surface area contributed by atoms with E-state index in [4.69, 9.17) is 9.47 Å². The molecule has 0 spiro atoms. The molecular weight excluding hydrogens is 943 g/mol. The second kappa shape index (κ2) is 52.8. The van der Waals surface area contributed by atoms with Gasteiger partial charge in [-0.2, -0.15) is 0 Å². The van der Waals surface area contributed by atoms with Gasteiger partial charge >= 0.3 is 0 Å². The van der Waals surface area contributed by atoms with E-state index in [1.54, 1.807) is 0 Å². The monoisotopic (exact) mass is 1060 g/mol. The lowest BCUT2D eigenvalue weighted by molar-refractivity contribution is -0.303. The van der Waals surface area contributed by atoms with Crippen molar-refractivity contribution in [1.82, 2.24) is 5.32 Å². The number of hydrogen-bond acceptors (Lipinski definition) is 10. The summed E-state index contributed by atoms with van der Waals surface area (Å²) >= 11 is 0. The van der Waals surface area contributed by atoms with Crippen molar-refractivity contribution in [3.05, 3.63) is 48.6 Å². The first-order chi connectivity index (χ1) is 36.7. The Morgan fingerprint density at radius 2 is 0.840 bits per heavy atom. The molecule has 0 aliphatic carbocycles. The molecule has 0 saturated carbocycles. The Hall–Kier alpha value is -1.93. The number of rotatable bonds is 54. The zero-order valence-corrected chi connectivity index (χ0v) is 48.3. The van der Waals surface area contributed by atoms with Gasteiger partial charge in [0.05, 0.1) is 25.4 Å². The number of hydrogen-bond donors (Lipinski definition) is 8. The normalized spacial score (nSPS) is 20.0. The summed E-state index contributed by atoms with van der Waals surface area (Å²) in [5.74, 6) is -0.711. The van der Waals surface area contributed by atoms with E-state index in [0.717, 1.165) is 51.4 Å². The minimum atomic E-state index is -1.67. The van der Waals surface area contributed by atoms with E-state index in [1.165, 1.54) is 186 Å². The molecule has 11 nitrogen and oxygen atoms in total. The minimum Gasteiger partial charge on any atom is -0.394 e. The average molecular weight is 1060 g/mol. The number of unbranched alkanes of at least 4 members (excludes halogenated alkanes) is 34. The summed E-state index contributed by atoms with van der Waals surface area (Å²) in [6, 6.07) is -1.20. The number of nitrogens with one attached hydrogen (secondary N) is 1. The largest absolute Gasteiger partial charge is 0.394 e. The highest BCUT2D eigenvalue weighted by Gasteiger charge is 2.44. The SMILES string of the molecule is CCCCCCCCCCC/C=C\C/C=C\CCCCCCCCCCCCC(O)C(=O)NC(COC1OC(CO)C(O)C(O)C1O)C(O)C(O)CCC/C=C/CC/C=C/CCCCCCCCCCCCCCC. The van der Waals surface area contributed by atoms with E-state index in [9.17, 15) is 40.5 Å². The third kappa shape index (κ3) is 40.9. The topological polar surface area (TPSA) is 189 Å². The summed E-state index contributed by atoms with van der Waals surface area (Å²) in [5.41, 5.74) is 0. The first-order valence-corrected chi connectivity index (χ1v) is 31.5. The smallest absolute Gasteiger partial charge is 0.249 e. The van der Waals surface area contributed by atoms with Crippen molar-refractivity contribution in [2.24, 2.45) is 0 Å². The number of carbonyl (C=O) groups excluding carboxylic acids is 1. The molecule has 1 fully saturated rings. The highest BCUT2D eigenvalue weighted by molar-refractivity contribution is 5.80. The van der Waals surface area contributed by atoms with Crippen LogP contribution < -0.4 is 5.32 Å². The van der Waals surface area contributed by atoms with E-state index >= 15 is 0 Å². The zero-order chi connectivity index (χ0) is 54.7. The number of amides is 1. The summed E-state index contributed by atoms with van der Waals surface area (Å²) in [7, 11) is 0. The maximum atomic E-state index is 13.2. The van der Waals surface area contributed by atoms with Gasteiger partial charge in [0.15, 0.2) is 6.29 Å². The molecule has 1 aliphatic rings. The molecule has 1 aliphatic heterocycles. The number of aliphatic hydroxyl groups is 7. The van der Waals surface area contributed by atoms with Crippen molar-refractivity contribution in [3.63, 3.8) is 0 Å². The molecule has 9 unspecified atom stereocenters. The summed E-state index contributed by atoms with van der Waals surface area (Å²) < 4.78 is 11.1. The standard InChI is InChI=1S/C64H119NO10/c1-3-5-7-9-11-13-15-17-19-21-23-25-27-28-29-30-32-34-36-38-40-42-44-46-48-50-52-57(68)63(73)65-55(54-74-64-62(72)61(71)60(70)58(53-66)75-64)59(69)56(67)51-49-47-45-43-41-39-37-35-33-31-26-24-22-20-18-16-14-12-10-8-6-4-2/h23,25,28-29,35,37,43,45,55-62,64,66-72H,3-22,24,26-27,30-34,36,38-42,44,46-54H2,1-2H3,(H,65,73)/b25-23-,29-28-,37-35+,45-43+. The van der Waals surface area contributed by atoms with E-state index < -0.39 is 74.2 Å². The lowest BCUT2D eigenvalue weighted by atomic mass is 9.98. The van der Waals surface area contributed by atoms with Gasteiger partial charge in [-0.05, 0) is 83.5 Å². The quantitative estimate of drug-likeness (QED) is 0.0215. The second-order valence-corrected chi connectivity index (χ2v) is 22.1. The molecule has 0 aromatic rings. The van der Waals surface area contributed by atoms with Gasteiger partial charge in [0.2, 0.25) is 5.91 Å². The molecule has 0 aromatic heterocycles. The van der Waals surface area contributed by atoms with Crippen LogP contribution in [-0.2, 0) is 14.3 Å². The first-order valence-electron chi connectivity index (χ1n) is 31.5. The zero-order valence-electron chi connectivity index (χ0n) is 48.3. The van der Waals surface area contributed by atoms with Gasteiger partial charge in [-0.25, -0.2) is 0 Å². The Bertz CT molecular complexity index is 1360. The van der Waals surface area contributed by atoms with Crippen molar-refractivity contribution >= 4 is 5.91 Å². The molecule has 1 amide bonds.